The molecule has 0 bridgehead atoms. The smallest absolute Gasteiger partial charge is 0.328 e. The summed E-state index contributed by atoms with van der Waals surface area (Å²) in [6.07, 6.45) is 3.85. The first kappa shape index (κ1) is 12.5. The minimum absolute atomic E-state index is 0.407. The zero-order valence-electron chi connectivity index (χ0n) is 10.0. The third-order valence-electron chi connectivity index (χ3n) is 2.59. The van der Waals surface area contributed by atoms with Crippen LogP contribution in [0.4, 0.5) is 0 Å². The summed E-state index contributed by atoms with van der Waals surface area (Å²) in [5, 5.41) is 8.64. The van der Waals surface area contributed by atoms with Crippen molar-refractivity contribution in [1.29, 1.82) is 0 Å². The molecule has 1 aromatic rings. The van der Waals surface area contributed by atoms with Crippen LogP contribution in [0.25, 0.3) is 6.08 Å². The van der Waals surface area contributed by atoms with Crippen molar-refractivity contribution in [2.45, 2.75) is 33.1 Å². The van der Waals surface area contributed by atoms with Gasteiger partial charge in [-0.15, -0.1) is 0 Å². The van der Waals surface area contributed by atoms with Crippen LogP contribution in [-0.2, 0) is 11.2 Å². The summed E-state index contributed by atoms with van der Waals surface area (Å²) in [5.74, 6) is -0.499. The third kappa shape index (κ3) is 2.96. The highest BCUT2D eigenvalue weighted by Crippen LogP contribution is 2.25. The van der Waals surface area contributed by atoms with Crippen LogP contribution in [0.3, 0.4) is 0 Å². The summed E-state index contributed by atoms with van der Waals surface area (Å²) in [7, 11) is 0. The second-order valence-corrected chi connectivity index (χ2v) is 4.10. The lowest BCUT2D eigenvalue weighted by Gasteiger charge is -2.14. The van der Waals surface area contributed by atoms with E-state index in [1.165, 1.54) is 17.2 Å². The monoisotopic (exact) mass is 218 g/mol. The fourth-order valence-corrected chi connectivity index (χ4v) is 1.95. The number of aliphatic carboxylic acids is 1. The van der Waals surface area contributed by atoms with Gasteiger partial charge >= 0.3 is 5.97 Å². The summed E-state index contributed by atoms with van der Waals surface area (Å²) in [6.45, 7) is 6.38. The molecule has 1 N–H and O–H groups in total. The van der Waals surface area contributed by atoms with Crippen molar-refractivity contribution < 1.29 is 9.90 Å². The molecule has 86 valence electrons. The number of hydrogen-bond donors (Lipinski definition) is 1. The molecule has 0 heterocycles. The maximum Gasteiger partial charge on any atom is 0.328 e. The van der Waals surface area contributed by atoms with Crippen molar-refractivity contribution in [2.75, 3.05) is 0 Å². The first-order valence-corrected chi connectivity index (χ1v) is 5.59. The molecule has 0 amide bonds. The fourth-order valence-electron chi connectivity index (χ4n) is 1.95. The SMILES string of the molecule is CCc1cccc(/C=C/C(=O)O)c1C(C)C. The van der Waals surface area contributed by atoms with Crippen LogP contribution in [-0.4, -0.2) is 11.1 Å². The summed E-state index contributed by atoms with van der Waals surface area (Å²) in [5.41, 5.74) is 3.56. The van der Waals surface area contributed by atoms with E-state index in [2.05, 4.69) is 26.8 Å². The first-order chi connectivity index (χ1) is 7.56. The Kier molecular flexibility index (Phi) is 4.29. The lowest BCUT2D eigenvalue weighted by Crippen LogP contribution is -1.99. The molecule has 2 nitrogen and oxygen atoms in total. The van der Waals surface area contributed by atoms with Crippen molar-refractivity contribution in [3.8, 4) is 0 Å². The van der Waals surface area contributed by atoms with E-state index in [1.807, 2.05) is 12.1 Å². The van der Waals surface area contributed by atoms with Gasteiger partial charge in [-0.2, -0.15) is 0 Å². The van der Waals surface area contributed by atoms with E-state index in [1.54, 1.807) is 6.08 Å². The maximum absolute atomic E-state index is 10.5. The number of rotatable bonds is 4. The number of hydrogen-bond acceptors (Lipinski definition) is 1. The van der Waals surface area contributed by atoms with E-state index in [0.29, 0.717) is 5.92 Å². The molecule has 0 unspecified atom stereocenters. The maximum atomic E-state index is 10.5. The van der Waals surface area contributed by atoms with Gasteiger partial charge in [0.1, 0.15) is 0 Å². The molecule has 0 radical (unpaired) electrons. The Hall–Kier alpha value is -1.57. The van der Waals surface area contributed by atoms with Crippen LogP contribution in [0.1, 0.15) is 43.4 Å². The molecule has 0 saturated carbocycles. The molecule has 0 spiro atoms. The molecule has 1 aromatic carbocycles. The lowest BCUT2D eigenvalue weighted by molar-refractivity contribution is -0.131. The predicted octanol–water partition coefficient (Wildman–Crippen LogP) is 3.47. The van der Waals surface area contributed by atoms with Gasteiger partial charge in [0.25, 0.3) is 0 Å². The van der Waals surface area contributed by atoms with Crippen LogP contribution in [0.15, 0.2) is 24.3 Å². The van der Waals surface area contributed by atoms with Crippen LogP contribution in [0, 0.1) is 0 Å². The molecule has 0 atom stereocenters. The van der Waals surface area contributed by atoms with Gasteiger partial charge in [-0.3, -0.25) is 0 Å². The Morgan fingerprint density at radius 1 is 1.44 bits per heavy atom. The third-order valence-corrected chi connectivity index (χ3v) is 2.59. The summed E-state index contributed by atoms with van der Waals surface area (Å²) >= 11 is 0. The number of benzene rings is 1. The van der Waals surface area contributed by atoms with Crippen molar-refractivity contribution in [3.05, 3.63) is 41.0 Å². The van der Waals surface area contributed by atoms with Crippen LogP contribution in [0.2, 0.25) is 0 Å². The van der Waals surface area contributed by atoms with E-state index in [-0.39, 0.29) is 0 Å². The molecule has 0 aromatic heterocycles. The van der Waals surface area contributed by atoms with Crippen molar-refractivity contribution in [1.82, 2.24) is 0 Å². The Balaban J connectivity index is 3.22. The first-order valence-electron chi connectivity index (χ1n) is 5.59. The number of aryl methyl sites for hydroxylation is 1. The van der Waals surface area contributed by atoms with Crippen LogP contribution >= 0.6 is 0 Å². The standard InChI is InChI=1S/C14H18O2/c1-4-11-6-5-7-12(8-9-13(15)16)14(11)10(2)3/h5-10H,4H2,1-3H3,(H,15,16)/b9-8+. The van der Waals surface area contributed by atoms with Crippen molar-refractivity contribution in [2.24, 2.45) is 0 Å². The summed E-state index contributed by atoms with van der Waals surface area (Å²) in [6, 6.07) is 6.05. The molecule has 1 rings (SSSR count). The van der Waals surface area contributed by atoms with Gasteiger partial charge in [0.05, 0.1) is 0 Å². The Bertz CT molecular complexity index is 403. The highest BCUT2D eigenvalue weighted by molar-refractivity contribution is 5.85. The van der Waals surface area contributed by atoms with Gasteiger partial charge in [0, 0.05) is 6.08 Å². The van der Waals surface area contributed by atoms with Gasteiger partial charge in [-0.1, -0.05) is 39.0 Å². The minimum atomic E-state index is -0.906. The molecular weight excluding hydrogens is 200 g/mol. The van der Waals surface area contributed by atoms with Crippen LogP contribution < -0.4 is 0 Å². The normalized spacial score (nSPS) is 11.2. The number of carboxylic acids is 1. The Morgan fingerprint density at radius 3 is 2.62 bits per heavy atom. The summed E-state index contributed by atoms with van der Waals surface area (Å²) < 4.78 is 0. The zero-order chi connectivity index (χ0) is 12.1. The average Bonchev–Trinajstić information content (AvgIpc) is 2.25. The highest BCUT2D eigenvalue weighted by atomic mass is 16.4. The van der Waals surface area contributed by atoms with E-state index in [0.717, 1.165) is 12.0 Å². The van der Waals surface area contributed by atoms with E-state index < -0.39 is 5.97 Å². The highest BCUT2D eigenvalue weighted by Gasteiger charge is 2.08. The average molecular weight is 218 g/mol. The largest absolute Gasteiger partial charge is 0.478 e. The van der Waals surface area contributed by atoms with Crippen molar-refractivity contribution >= 4 is 12.0 Å². The van der Waals surface area contributed by atoms with Crippen molar-refractivity contribution in [3.63, 3.8) is 0 Å². The van der Waals surface area contributed by atoms with Gasteiger partial charge in [0.15, 0.2) is 0 Å². The van der Waals surface area contributed by atoms with Gasteiger partial charge in [0.2, 0.25) is 0 Å². The van der Waals surface area contributed by atoms with E-state index in [9.17, 15) is 4.79 Å². The van der Waals surface area contributed by atoms with Crippen LogP contribution in [0.5, 0.6) is 0 Å². The Morgan fingerprint density at radius 2 is 2.12 bits per heavy atom. The molecule has 16 heavy (non-hydrogen) atoms. The molecule has 0 aliphatic rings. The zero-order valence-corrected chi connectivity index (χ0v) is 10.0. The fraction of sp³-hybridized carbons (Fsp3) is 0.357. The van der Waals surface area contributed by atoms with E-state index >= 15 is 0 Å². The number of carbonyl (C=O) groups is 1. The summed E-state index contributed by atoms with van der Waals surface area (Å²) in [4.78, 5) is 10.5. The Labute approximate surface area is 96.6 Å². The quantitative estimate of drug-likeness (QED) is 0.786. The topological polar surface area (TPSA) is 37.3 Å². The molecule has 0 saturated heterocycles. The lowest BCUT2D eigenvalue weighted by atomic mass is 9.90. The molecular formula is C14H18O2. The van der Waals surface area contributed by atoms with Gasteiger partial charge < -0.3 is 5.11 Å². The molecule has 0 fully saturated rings. The molecule has 2 heteroatoms. The van der Waals surface area contributed by atoms with Gasteiger partial charge in [-0.05, 0) is 35.1 Å². The molecule has 0 aliphatic heterocycles. The predicted molar refractivity (Wildman–Crippen MR) is 66.6 cm³/mol. The van der Waals surface area contributed by atoms with Gasteiger partial charge in [-0.25, -0.2) is 4.79 Å². The second-order valence-electron chi connectivity index (χ2n) is 4.10. The number of carboxylic acid groups (broad SMARTS) is 1. The minimum Gasteiger partial charge on any atom is -0.478 e. The second kappa shape index (κ2) is 5.50. The molecule has 0 aliphatic carbocycles. The van der Waals surface area contributed by atoms with E-state index in [4.69, 9.17) is 5.11 Å².